The van der Waals surface area contributed by atoms with Gasteiger partial charge in [-0.3, -0.25) is 5.32 Å². The molecule has 6 nitrogen and oxygen atoms in total. The van der Waals surface area contributed by atoms with E-state index in [9.17, 15) is 4.79 Å². The second-order valence-electron chi connectivity index (χ2n) is 4.76. The molecule has 17 heavy (non-hydrogen) atoms. The molecule has 6 heteroatoms. The first-order valence-corrected chi connectivity index (χ1v) is 5.35. The van der Waals surface area contributed by atoms with Crippen molar-refractivity contribution in [3.63, 3.8) is 0 Å². The van der Waals surface area contributed by atoms with Crippen molar-refractivity contribution >= 4 is 12.0 Å². The predicted molar refractivity (Wildman–Crippen MR) is 64.5 cm³/mol. The molecule has 0 fully saturated rings. The fourth-order valence-electron chi connectivity index (χ4n) is 1.03. The van der Waals surface area contributed by atoms with Crippen molar-refractivity contribution in [3.8, 4) is 0 Å². The zero-order chi connectivity index (χ0) is 13.1. The number of ether oxygens (including phenoxy) is 1. The maximum absolute atomic E-state index is 11.4. The van der Waals surface area contributed by atoms with Crippen LogP contribution in [0.25, 0.3) is 0 Å². The molecule has 0 aromatic carbocycles. The number of anilines is 1. The number of nitrogens with one attached hydrogen (secondary N) is 1. The average molecular weight is 238 g/mol. The van der Waals surface area contributed by atoms with Crippen LogP contribution in [0.5, 0.6) is 0 Å². The zero-order valence-electron chi connectivity index (χ0n) is 10.5. The third-order valence-electron chi connectivity index (χ3n) is 1.81. The van der Waals surface area contributed by atoms with E-state index in [0.29, 0.717) is 0 Å². The van der Waals surface area contributed by atoms with Gasteiger partial charge in [-0.1, -0.05) is 0 Å². The summed E-state index contributed by atoms with van der Waals surface area (Å²) in [6, 6.07) is -0.134. The molecule has 1 aromatic rings. The number of amides is 1. The van der Waals surface area contributed by atoms with E-state index in [0.717, 1.165) is 5.56 Å². The third-order valence-corrected chi connectivity index (χ3v) is 1.81. The Morgan fingerprint density at radius 3 is 2.35 bits per heavy atom. The van der Waals surface area contributed by atoms with E-state index in [1.54, 1.807) is 33.2 Å². The van der Waals surface area contributed by atoms with Crippen molar-refractivity contribution in [2.75, 3.05) is 5.32 Å². The molecule has 0 aliphatic carbocycles. The van der Waals surface area contributed by atoms with Crippen molar-refractivity contribution in [3.05, 3.63) is 18.0 Å². The number of hydrogen-bond acceptors (Lipinski definition) is 5. The summed E-state index contributed by atoms with van der Waals surface area (Å²) in [6.07, 6.45) is 2.57. The number of nitrogens with two attached hydrogens (primary N) is 1. The van der Waals surface area contributed by atoms with Crippen molar-refractivity contribution in [1.29, 1.82) is 0 Å². The smallest absolute Gasteiger partial charge is 0.414 e. The van der Waals surface area contributed by atoms with Crippen LogP contribution in [-0.2, 0) is 4.74 Å². The largest absolute Gasteiger partial charge is 0.444 e. The van der Waals surface area contributed by atoms with Gasteiger partial charge in [0.2, 0.25) is 5.95 Å². The van der Waals surface area contributed by atoms with Gasteiger partial charge in [-0.15, -0.1) is 0 Å². The van der Waals surface area contributed by atoms with Crippen LogP contribution in [0.3, 0.4) is 0 Å². The fraction of sp³-hybridized carbons (Fsp3) is 0.545. The molecule has 0 saturated heterocycles. The summed E-state index contributed by atoms with van der Waals surface area (Å²) < 4.78 is 5.06. The molecule has 1 atom stereocenters. The van der Waals surface area contributed by atoms with Crippen LogP contribution in [0.4, 0.5) is 10.7 Å². The molecule has 0 radical (unpaired) electrons. The highest BCUT2D eigenvalue weighted by molar-refractivity contribution is 5.82. The van der Waals surface area contributed by atoms with E-state index in [1.165, 1.54) is 0 Å². The van der Waals surface area contributed by atoms with Crippen LogP contribution in [0.1, 0.15) is 39.3 Å². The Hall–Kier alpha value is -1.69. The van der Waals surface area contributed by atoms with Gasteiger partial charge in [-0.25, -0.2) is 14.8 Å². The van der Waals surface area contributed by atoms with Crippen LogP contribution in [-0.4, -0.2) is 21.7 Å². The van der Waals surface area contributed by atoms with E-state index in [2.05, 4.69) is 15.3 Å². The minimum Gasteiger partial charge on any atom is -0.444 e. The zero-order valence-corrected chi connectivity index (χ0v) is 10.5. The Morgan fingerprint density at radius 1 is 1.41 bits per heavy atom. The van der Waals surface area contributed by atoms with Gasteiger partial charge in [0.05, 0.1) is 0 Å². The molecule has 94 valence electrons. The van der Waals surface area contributed by atoms with E-state index in [-0.39, 0.29) is 12.0 Å². The van der Waals surface area contributed by atoms with Crippen LogP contribution in [0.2, 0.25) is 0 Å². The van der Waals surface area contributed by atoms with Crippen molar-refractivity contribution in [2.45, 2.75) is 39.3 Å². The number of rotatable bonds is 2. The standard InChI is InChI=1S/C11H18N4O2/c1-7(12)8-5-13-9(14-6-8)15-10(16)17-11(2,3)4/h5-7H,12H2,1-4H3,(H,13,14,15,16)/t7-/m0/s1. The molecule has 0 bridgehead atoms. The molecule has 0 saturated carbocycles. The first-order valence-electron chi connectivity index (χ1n) is 5.35. The summed E-state index contributed by atoms with van der Waals surface area (Å²) in [7, 11) is 0. The lowest BCUT2D eigenvalue weighted by atomic mass is 10.2. The fourth-order valence-corrected chi connectivity index (χ4v) is 1.03. The Labute approximate surface area is 101 Å². The van der Waals surface area contributed by atoms with Gasteiger partial charge in [0, 0.05) is 24.0 Å². The minimum absolute atomic E-state index is 0.134. The Bertz CT molecular complexity index is 381. The molecule has 1 aromatic heterocycles. The van der Waals surface area contributed by atoms with Gasteiger partial charge >= 0.3 is 6.09 Å². The predicted octanol–water partition coefficient (Wildman–Crippen LogP) is 1.84. The average Bonchev–Trinajstić information content (AvgIpc) is 2.15. The van der Waals surface area contributed by atoms with Gasteiger partial charge in [-0.05, 0) is 27.7 Å². The lowest BCUT2D eigenvalue weighted by Gasteiger charge is -2.19. The monoisotopic (exact) mass is 238 g/mol. The molecule has 1 amide bonds. The SMILES string of the molecule is C[C@H](N)c1cnc(NC(=O)OC(C)(C)C)nc1. The van der Waals surface area contributed by atoms with Crippen molar-refractivity contribution < 1.29 is 9.53 Å². The molecule has 0 aliphatic heterocycles. The highest BCUT2D eigenvalue weighted by Gasteiger charge is 2.16. The Kier molecular flexibility index (Phi) is 4.01. The molecule has 0 aliphatic rings. The Balaban J connectivity index is 2.61. The lowest BCUT2D eigenvalue weighted by Crippen LogP contribution is -2.27. The van der Waals surface area contributed by atoms with E-state index in [4.69, 9.17) is 10.5 Å². The third kappa shape index (κ3) is 4.78. The van der Waals surface area contributed by atoms with Crippen LogP contribution >= 0.6 is 0 Å². The molecule has 3 N–H and O–H groups in total. The summed E-state index contributed by atoms with van der Waals surface area (Å²) in [5.41, 5.74) is 5.92. The maximum Gasteiger partial charge on any atom is 0.414 e. The quantitative estimate of drug-likeness (QED) is 0.820. The summed E-state index contributed by atoms with van der Waals surface area (Å²) in [5, 5.41) is 2.44. The van der Waals surface area contributed by atoms with Crippen LogP contribution in [0, 0.1) is 0 Å². The van der Waals surface area contributed by atoms with Gasteiger partial charge in [0.15, 0.2) is 0 Å². The van der Waals surface area contributed by atoms with Crippen LogP contribution < -0.4 is 11.1 Å². The molecular weight excluding hydrogens is 220 g/mol. The molecule has 0 spiro atoms. The molecule has 1 rings (SSSR count). The number of hydrogen-bond donors (Lipinski definition) is 2. The lowest BCUT2D eigenvalue weighted by molar-refractivity contribution is 0.0634. The molecular formula is C11H18N4O2. The van der Waals surface area contributed by atoms with E-state index >= 15 is 0 Å². The summed E-state index contributed by atoms with van der Waals surface area (Å²) in [6.45, 7) is 7.19. The van der Waals surface area contributed by atoms with Crippen LogP contribution in [0.15, 0.2) is 12.4 Å². The number of nitrogens with zero attached hydrogens (tertiary/aromatic N) is 2. The number of carbonyl (C=O) groups is 1. The molecule has 0 unspecified atom stereocenters. The number of carbonyl (C=O) groups excluding carboxylic acids is 1. The van der Waals surface area contributed by atoms with Crippen molar-refractivity contribution in [1.82, 2.24) is 9.97 Å². The second kappa shape index (κ2) is 5.09. The minimum atomic E-state index is -0.578. The first kappa shape index (κ1) is 13.4. The van der Waals surface area contributed by atoms with E-state index in [1.807, 2.05) is 6.92 Å². The van der Waals surface area contributed by atoms with Gasteiger partial charge in [0.25, 0.3) is 0 Å². The maximum atomic E-state index is 11.4. The topological polar surface area (TPSA) is 90.1 Å². The highest BCUT2D eigenvalue weighted by Crippen LogP contribution is 2.10. The highest BCUT2D eigenvalue weighted by atomic mass is 16.6. The summed E-state index contributed by atoms with van der Waals surface area (Å²) in [4.78, 5) is 19.3. The van der Waals surface area contributed by atoms with E-state index < -0.39 is 11.7 Å². The van der Waals surface area contributed by atoms with Crippen molar-refractivity contribution in [2.24, 2.45) is 5.73 Å². The van der Waals surface area contributed by atoms with Gasteiger partial charge in [0.1, 0.15) is 5.60 Å². The first-order chi connectivity index (χ1) is 7.78. The van der Waals surface area contributed by atoms with Gasteiger partial charge in [-0.2, -0.15) is 0 Å². The summed E-state index contributed by atoms with van der Waals surface area (Å²) >= 11 is 0. The normalized spacial score (nSPS) is 13.0. The van der Waals surface area contributed by atoms with Gasteiger partial charge < -0.3 is 10.5 Å². The Morgan fingerprint density at radius 2 is 1.94 bits per heavy atom. The second-order valence-corrected chi connectivity index (χ2v) is 4.76. The molecule has 1 heterocycles. The summed E-state index contributed by atoms with van der Waals surface area (Å²) in [5.74, 6) is 0.198. The number of aromatic nitrogens is 2.